The molecule has 1 aromatic rings. The number of benzene rings is 1. The molecular formula is C14H14ClI3N2O6. The summed E-state index contributed by atoms with van der Waals surface area (Å²) in [5, 5.41) is 32.5. The molecule has 26 heavy (non-hydrogen) atoms. The van der Waals surface area contributed by atoms with Gasteiger partial charge in [-0.3, -0.25) is 14.4 Å². The number of nitrogens with one attached hydrogen (secondary N) is 2. The van der Waals surface area contributed by atoms with Crippen LogP contribution >= 0.6 is 79.4 Å². The van der Waals surface area contributed by atoms with Crippen molar-refractivity contribution in [2.75, 3.05) is 30.5 Å². The zero-order valence-corrected chi connectivity index (χ0v) is 20.4. The topological polar surface area (TPSA) is 136 Å². The molecule has 0 aliphatic carbocycles. The van der Waals surface area contributed by atoms with Gasteiger partial charge in [-0.05, 0) is 79.4 Å². The first kappa shape index (κ1) is 24.2. The molecule has 0 spiro atoms. The van der Waals surface area contributed by atoms with Crippen molar-refractivity contribution in [1.29, 1.82) is 0 Å². The summed E-state index contributed by atoms with van der Waals surface area (Å²) in [6, 6.07) is 0. The normalized spacial score (nSPS) is 11.2. The highest BCUT2D eigenvalue weighted by atomic mass is 127. The maximum Gasteiger partial charge on any atom is 0.254 e. The van der Waals surface area contributed by atoms with Crippen LogP contribution in [0.15, 0.2) is 0 Å². The number of anilines is 2. The van der Waals surface area contributed by atoms with E-state index in [0.29, 0.717) is 16.4 Å². The highest BCUT2D eigenvalue weighted by Crippen LogP contribution is 2.40. The molecule has 0 fully saturated rings. The van der Waals surface area contributed by atoms with Gasteiger partial charge in [-0.25, -0.2) is 0 Å². The second kappa shape index (κ2) is 10.1. The monoisotopic (exact) mass is 722 g/mol. The predicted octanol–water partition coefficient (Wildman–Crippen LogP) is 1.74. The number of halogens is 4. The minimum atomic E-state index is -1.81. The van der Waals surface area contributed by atoms with Crippen LogP contribution in [0, 0.1) is 16.1 Å². The van der Waals surface area contributed by atoms with Gasteiger partial charge in [0.15, 0.2) is 0 Å². The molecule has 0 unspecified atom stereocenters. The van der Waals surface area contributed by atoms with Crippen LogP contribution in [0.5, 0.6) is 0 Å². The number of amides is 2. The maximum atomic E-state index is 12.5. The highest BCUT2D eigenvalue weighted by molar-refractivity contribution is 14.1. The SMILES string of the molecule is CC(=O)Nc1c(I)c(NC(=O)C(CO)(CO)CO)c(I)c(C(=O)Cl)c1I. The van der Waals surface area contributed by atoms with Crippen molar-refractivity contribution >= 4 is 108 Å². The van der Waals surface area contributed by atoms with Gasteiger partial charge in [-0.2, -0.15) is 0 Å². The van der Waals surface area contributed by atoms with Gasteiger partial charge in [-0.15, -0.1) is 0 Å². The Hall–Kier alpha value is 0.190. The van der Waals surface area contributed by atoms with Gasteiger partial charge in [0.25, 0.3) is 5.24 Å². The van der Waals surface area contributed by atoms with Gasteiger partial charge in [0, 0.05) is 6.92 Å². The lowest BCUT2D eigenvalue weighted by Gasteiger charge is -2.27. The van der Waals surface area contributed by atoms with E-state index in [4.69, 9.17) is 11.6 Å². The molecule has 0 heterocycles. The Bertz CT molecular complexity index is 747. The van der Waals surface area contributed by atoms with Gasteiger partial charge in [-0.1, -0.05) is 0 Å². The average Bonchev–Trinajstić information content (AvgIpc) is 2.57. The van der Waals surface area contributed by atoms with Crippen molar-refractivity contribution in [1.82, 2.24) is 0 Å². The Morgan fingerprint density at radius 1 is 0.923 bits per heavy atom. The molecule has 5 N–H and O–H groups in total. The van der Waals surface area contributed by atoms with E-state index in [1.54, 1.807) is 0 Å². The average molecular weight is 722 g/mol. The van der Waals surface area contributed by atoms with Crippen molar-refractivity contribution in [3.8, 4) is 0 Å². The first-order chi connectivity index (χ1) is 12.1. The molecule has 0 radical (unpaired) electrons. The van der Waals surface area contributed by atoms with E-state index >= 15 is 0 Å². The molecule has 12 heteroatoms. The number of rotatable bonds is 7. The molecule has 0 saturated carbocycles. The zero-order valence-electron chi connectivity index (χ0n) is 13.2. The molecule has 0 aliphatic heterocycles. The third-order valence-electron chi connectivity index (χ3n) is 3.44. The third kappa shape index (κ3) is 4.96. The number of aliphatic hydroxyl groups excluding tert-OH is 3. The lowest BCUT2D eigenvalue weighted by atomic mass is 9.90. The smallest absolute Gasteiger partial charge is 0.254 e. The Kier molecular flexibility index (Phi) is 9.42. The largest absolute Gasteiger partial charge is 0.395 e. The summed E-state index contributed by atoms with van der Waals surface area (Å²) in [7, 11) is 0. The minimum Gasteiger partial charge on any atom is -0.395 e. The summed E-state index contributed by atoms with van der Waals surface area (Å²) in [5.41, 5.74) is -1.26. The number of hydrogen-bond donors (Lipinski definition) is 5. The lowest BCUT2D eigenvalue weighted by Crippen LogP contribution is -2.45. The quantitative estimate of drug-likeness (QED) is 0.215. The van der Waals surface area contributed by atoms with E-state index in [1.807, 2.05) is 67.8 Å². The van der Waals surface area contributed by atoms with Gasteiger partial charge in [0.05, 0.1) is 47.5 Å². The van der Waals surface area contributed by atoms with E-state index in [1.165, 1.54) is 6.92 Å². The molecule has 0 aromatic heterocycles. The summed E-state index contributed by atoms with van der Waals surface area (Å²) in [6.07, 6.45) is 0. The van der Waals surface area contributed by atoms with E-state index in [9.17, 15) is 29.7 Å². The fraction of sp³-hybridized carbons (Fsp3) is 0.357. The number of carbonyl (C=O) groups is 3. The fourth-order valence-electron chi connectivity index (χ4n) is 1.84. The number of carbonyl (C=O) groups excluding carboxylic acids is 3. The molecule has 0 bridgehead atoms. The Labute approximate surface area is 194 Å². The summed E-state index contributed by atoms with van der Waals surface area (Å²) in [6.45, 7) is -1.07. The van der Waals surface area contributed by atoms with Crippen LogP contribution in [0.25, 0.3) is 0 Å². The molecule has 0 aliphatic rings. The Morgan fingerprint density at radius 2 is 1.35 bits per heavy atom. The molecule has 8 nitrogen and oxygen atoms in total. The molecule has 2 amide bonds. The van der Waals surface area contributed by atoms with Crippen molar-refractivity contribution in [3.63, 3.8) is 0 Å². The first-order valence-corrected chi connectivity index (χ1v) is 10.5. The van der Waals surface area contributed by atoms with Crippen LogP contribution in [0.3, 0.4) is 0 Å². The van der Waals surface area contributed by atoms with Crippen LogP contribution in [0.1, 0.15) is 17.3 Å². The van der Waals surface area contributed by atoms with Crippen LogP contribution < -0.4 is 10.6 Å². The van der Waals surface area contributed by atoms with Gasteiger partial charge >= 0.3 is 0 Å². The highest BCUT2D eigenvalue weighted by Gasteiger charge is 2.38. The summed E-state index contributed by atoms with van der Waals surface area (Å²) >= 11 is 11.2. The summed E-state index contributed by atoms with van der Waals surface area (Å²) < 4.78 is 1.15. The molecular weight excluding hydrogens is 708 g/mol. The fourth-order valence-corrected chi connectivity index (χ4v) is 6.55. The molecule has 0 saturated heterocycles. The predicted molar refractivity (Wildman–Crippen MR) is 121 cm³/mol. The van der Waals surface area contributed by atoms with Crippen LogP contribution in [0.4, 0.5) is 11.4 Å². The van der Waals surface area contributed by atoms with Crippen molar-refractivity contribution < 1.29 is 29.7 Å². The van der Waals surface area contributed by atoms with Gasteiger partial charge in [0.1, 0.15) is 5.41 Å². The zero-order chi connectivity index (χ0) is 20.2. The van der Waals surface area contributed by atoms with Crippen LogP contribution in [0.2, 0.25) is 0 Å². The van der Waals surface area contributed by atoms with Crippen molar-refractivity contribution in [2.24, 2.45) is 5.41 Å². The van der Waals surface area contributed by atoms with E-state index in [2.05, 4.69) is 10.6 Å². The minimum absolute atomic E-state index is 0.0925. The second-order valence-corrected chi connectivity index (χ2v) is 8.81. The third-order valence-corrected chi connectivity index (χ3v) is 6.87. The molecule has 1 rings (SSSR count). The van der Waals surface area contributed by atoms with Gasteiger partial charge in [0.2, 0.25) is 11.8 Å². The second-order valence-electron chi connectivity index (χ2n) is 5.23. The molecule has 1 aromatic carbocycles. The summed E-state index contributed by atoms with van der Waals surface area (Å²) in [4.78, 5) is 35.9. The van der Waals surface area contributed by atoms with E-state index < -0.39 is 36.4 Å². The number of aliphatic hydroxyl groups is 3. The van der Waals surface area contributed by atoms with E-state index in [-0.39, 0.29) is 17.2 Å². The van der Waals surface area contributed by atoms with Gasteiger partial charge < -0.3 is 26.0 Å². The van der Waals surface area contributed by atoms with Crippen LogP contribution in [-0.4, -0.2) is 52.2 Å². The maximum absolute atomic E-state index is 12.5. The Balaban J connectivity index is 3.61. The number of hydrogen-bond acceptors (Lipinski definition) is 6. The van der Waals surface area contributed by atoms with Crippen molar-refractivity contribution in [3.05, 3.63) is 16.3 Å². The van der Waals surface area contributed by atoms with E-state index in [0.717, 1.165) is 0 Å². The summed E-state index contributed by atoms with van der Waals surface area (Å²) in [5.74, 6) is -1.23. The standard InChI is InChI=1S/C14H14ClI3N2O6/c1-5(24)19-10-7(16)6(12(15)25)8(17)11(9(10)18)20-13(26)14(2-21,3-22)4-23/h21-23H,2-4H2,1H3,(H,19,24)(H,20,26). The van der Waals surface area contributed by atoms with Crippen LogP contribution in [-0.2, 0) is 9.59 Å². The molecule has 0 atom stereocenters. The lowest BCUT2D eigenvalue weighted by molar-refractivity contribution is -0.134. The first-order valence-electron chi connectivity index (χ1n) is 6.88. The van der Waals surface area contributed by atoms with Crippen molar-refractivity contribution in [2.45, 2.75) is 6.92 Å². The molecule has 144 valence electrons. The Morgan fingerprint density at radius 3 is 1.69 bits per heavy atom.